The molecule has 6 rings (SSSR count). The summed E-state index contributed by atoms with van der Waals surface area (Å²) in [6, 6.07) is 3.38. The van der Waals surface area contributed by atoms with Gasteiger partial charge in [0.15, 0.2) is 0 Å². The number of aromatic nitrogens is 2. The van der Waals surface area contributed by atoms with Crippen molar-refractivity contribution in [2.24, 2.45) is 17.3 Å². The lowest BCUT2D eigenvalue weighted by atomic mass is 9.49. The largest absolute Gasteiger partial charge is 0.310 e. The van der Waals surface area contributed by atoms with E-state index in [1.54, 1.807) is 10.9 Å². The van der Waals surface area contributed by atoms with E-state index in [9.17, 15) is 13.6 Å². The number of nitrogens with one attached hydrogen (secondary N) is 1. The zero-order chi connectivity index (χ0) is 20.4. The fraction of sp³-hybridized carbons (Fsp3) is 0.545. The van der Waals surface area contributed by atoms with E-state index in [4.69, 9.17) is 0 Å². The molecule has 4 aliphatic carbocycles. The van der Waals surface area contributed by atoms with Crippen LogP contribution >= 0.6 is 15.9 Å². The Morgan fingerprint density at radius 3 is 2.69 bits per heavy atom. The van der Waals surface area contributed by atoms with Gasteiger partial charge in [-0.3, -0.25) is 4.79 Å². The first-order valence-electron chi connectivity index (χ1n) is 10.2. The van der Waals surface area contributed by atoms with Crippen molar-refractivity contribution in [1.29, 1.82) is 0 Å². The van der Waals surface area contributed by atoms with Gasteiger partial charge in [-0.2, -0.15) is 5.10 Å². The van der Waals surface area contributed by atoms with E-state index < -0.39 is 11.6 Å². The monoisotopic (exact) mass is 463 g/mol. The number of alkyl halides is 1. The smallest absolute Gasteiger partial charge is 0.231 e. The predicted octanol–water partition coefficient (Wildman–Crippen LogP) is 5.19. The molecule has 2 unspecified atom stereocenters. The van der Waals surface area contributed by atoms with Crippen molar-refractivity contribution in [2.45, 2.75) is 56.3 Å². The number of nitrogens with zero attached hydrogens (tertiary/aromatic N) is 2. The van der Waals surface area contributed by atoms with Crippen molar-refractivity contribution in [3.63, 3.8) is 0 Å². The number of hydrogen-bond acceptors (Lipinski definition) is 2. The van der Waals surface area contributed by atoms with Crippen LogP contribution in [0, 0.1) is 35.8 Å². The second-order valence-electron chi connectivity index (χ2n) is 9.42. The quantitative estimate of drug-likeness (QED) is 0.634. The standard InChI is InChI=1S/C22H24BrF2N3O/c1-13-10-26-28(11-16-5-17(24)2-3-18(16)25)19(13)27-20(29)21-6-14-4-15(7-21)9-22(23,8-14)12-21/h2-3,5,10,14-15H,4,6-9,11-12H2,1H3,(H,27,29). The minimum absolute atomic E-state index is 0.0417. The summed E-state index contributed by atoms with van der Waals surface area (Å²) in [5.74, 6) is 0.840. The first-order valence-corrected chi connectivity index (χ1v) is 11.0. The van der Waals surface area contributed by atoms with Crippen LogP contribution in [0.15, 0.2) is 24.4 Å². The second-order valence-corrected chi connectivity index (χ2v) is 11.1. The Bertz CT molecular complexity index is 974. The number of anilines is 1. The lowest BCUT2D eigenvalue weighted by molar-refractivity contribution is -0.138. The second kappa shape index (κ2) is 6.62. The Kier molecular flexibility index (Phi) is 4.39. The number of aryl methyl sites for hydroxylation is 1. The molecule has 0 saturated heterocycles. The number of amides is 1. The van der Waals surface area contributed by atoms with Gasteiger partial charge < -0.3 is 5.32 Å². The minimum Gasteiger partial charge on any atom is -0.310 e. The highest BCUT2D eigenvalue weighted by Crippen LogP contribution is 2.64. The van der Waals surface area contributed by atoms with Crippen LogP contribution in [0.5, 0.6) is 0 Å². The predicted molar refractivity (Wildman–Crippen MR) is 110 cm³/mol. The van der Waals surface area contributed by atoms with Crippen LogP contribution in [0.4, 0.5) is 14.6 Å². The van der Waals surface area contributed by atoms with Crippen LogP contribution in [0.2, 0.25) is 0 Å². The molecule has 7 heteroatoms. The first-order chi connectivity index (χ1) is 13.8. The summed E-state index contributed by atoms with van der Waals surface area (Å²) in [6.07, 6.45) is 7.95. The fourth-order valence-corrected chi connectivity index (χ4v) is 7.70. The van der Waals surface area contributed by atoms with Gasteiger partial charge in [0.25, 0.3) is 0 Å². The molecular formula is C22H24BrF2N3O. The molecule has 1 aromatic heterocycles. The summed E-state index contributed by atoms with van der Waals surface area (Å²) in [5, 5.41) is 7.41. The lowest BCUT2D eigenvalue weighted by Crippen LogP contribution is -2.57. The zero-order valence-electron chi connectivity index (χ0n) is 16.4. The maximum absolute atomic E-state index is 14.1. The molecule has 1 amide bonds. The molecule has 0 radical (unpaired) electrons. The van der Waals surface area contributed by atoms with Crippen molar-refractivity contribution in [3.8, 4) is 0 Å². The third-order valence-electron chi connectivity index (χ3n) is 7.05. The number of halogens is 3. The summed E-state index contributed by atoms with van der Waals surface area (Å²) >= 11 is 3.95. The van der Waals surface area contributed by atoms with Gasteiger partial charge in [0.05, 0.1) is 18.2 Å². The van der Waals surface area contributed by atoms with Gasteiger partial charge in [0.2, 0.25) is 5.91 Å². The van der Waals surface area contributed by atoms with Gasteiger partial charge in [-0.05, 0) is 75.5 Å². The maximum atomic E-state index is 14.1. The molecule has 1 heterocycles. The topological polar surface area (TPSA) is 46.9 Å². The van der Waals surface area contributed by atoms with E-state index in [2.05, 4.69) is 26.3 Å². The van der Waals surface area contributed by atoms with Crippen molar-refractivity contribution in [3.05, 3.63) is 47.2 Å². The van der Waals surface area contributed by atoms with E-state index >= 15 is 0 Å². The van der Waals surface area contributed by atoms with Crippen LogP contribution in [0.3, 0.4) is 0 Å². The van der Waals surface area contributed by atoms with Gasteiger partial charge in [-0.25, -0.2) is 13.5 Å². The highest BCUT2D eigenvalue weighted by molar-refractivity contribution is 9.10. The highest BCUT2D eigenvalue weighted by atomic mass is 79.9. The molecule has 2 atom stereocenters. The SMILES string of the molecule is Cc1cnn(Cc2cc(F)ccc2F)c1NC(=O)C12CC3CC(CC(Br)(C3)C1)C2. The molecular weight excluding hydrogens is 440 g/mol. The van der Waals surface area contributed by atoms with Crippen LogP contribution in [0.1, 0.15) is 49.7 Å². The Morgan fingerprint density at radius 1 is 1.28 bits per heavy atom. The normalized spacial score (nSPS) is 32.6. The fourth-order valence-electron chi connectivity index (χ4n) is 6.24. The van der Waals surface area contributed by atoms with Crippen LogP contribution in [-0.2, 0) is 11.3 Å². The van der Waals surface area contributed by atoms with Crippen molar-refractivity contribution in [2.75, 3.05) is 5.32 Å². The minimum atomic E-state index is -0.493. The van der Waals surface area contributed by atoms with E-state index in [0.29, 0.717) is 17.7 Å². The zero-order valence-corrected chi connectivity index (χ0v) is 17.9. The third-order valence-corrected chi connectivity index (χ3v) is 7.98. The van der Waals surface area contributed by atoms with E-state index in [1.165, 1.54) is 12.5 Å². The number of carbonyl (C=O) groups is 1. The average molecular weight is 464 g/mol. The van der Waals surface area contributed by atoms with Gasteiger partial charge in [0.1, 0.15) is 17.5 Å². The summed E-state index contributed by atoms with van der Waals surface area (Å²) in [4.78, 5) is 13.5. The number of carbonyl (C=O) groups excluding carboxylic acids is 1. The van der Waals surface area contributed by atoms with Crippen molar-refractivity contribution >= 4 is 27.7 Å². The molecule has 154 valence electrons. The molecule has 1 N–H and O–H groups in total. The van der Waals surface area contributed by atoms with E-state index in [0.717, 1.165) is 49.8 Å². The Balaban J connectivity index is 1.41. The molecule has 4 bridgehead atoms. The summed E-state index contributed by atoms with van der Waals surface area (Å²) < 4.78 is 29.3. The summed E-state index contributed by atoms with van der Waals surface area (Å²) in [6.45, 7) is 1.93. The van der Waals surface area contributed by atoms with Crippen molar-refractivity contribution < 1.29 is 13.6 Å². The van der Waals surface area contributed by atoms with Crippen molar-refractivity contribution in [1.82, 2.24) is 9.78 Å². The molecule has 4 fully saturated rings. The van der Waals surface area contributed by atoms with E-state index in [1.807, 2.05) is 6.92 Å². The average Bonchev–Trinajstić information content (AvgIpc) is 2.96. The molecule has 2 aromatic rings. The van der Waals surface area contributed by atoms with Crippen LogP contribution in [-0.4, -0.2) is 20.0 Å². The molecule has 4 nitrogen and oxygen atoms in total. The first kappa shape index (κ1) is 19.2. The number of benzene rings is 1. The maximum Gasteiger partial charge on any atom is 0.231 e. The van der Waals surface area contributed by atoms with E-state index in [-0.39, 0.29) is 27.8 Å². The lowest BCUT2D eigenvalue weighted by Gasteiger charge is -2.59. The molecule has 29 heavy (non-hydrogen) atoms. The Morgan fingerprint density at radius 2 is 2.00 bits per heavy atom. The van der Waals surface area contributed by atoms with Crippen LogP contribution < -0.4 is 5.32 Å². The summed E-state index contributed by atoms with van der Waals surface area (Å²) in [7, 11) is 0. The molecule has 4 saturated carbocycles. The Hall–Kier alpha value is -1.76. The van der Waals surface area contributed by atoms with Gasteiger partial charge in [0, 0.05) is 15.5 Å². The van der Waals surface area contributed by atoms with Gasteiger partial charge in [-0.1, -0.05) is 15.9 Å². The molecule has 0 spiro atoms. The van der Waals surface area contributed by atoms with Crippen LogP contribution in [0.25, 0.3) is 0 Å². The molecule has 0 aliphatic heterocycles. The van der Waals surface area contributed by atoms with Gasteiger partial charge in [-0.15, -0.1) is 0 Å². The number of hydrogen-bond donors (Lipinski definition) is 1. The Labute approximate surface area is 177 Å². The third kappa shape index (κ3) is 3.31. The summed E-state index contributed by atoms with van der Waals surface area (Å²) in [5.41, 5.74) is 0.672. The molecule has 4 aliphatic rings. The number of rotatable bonds is 4. The molecule has 1 aromatic carbocycles. The van der Waals surface area contributed by atoms with Gasteiger partial charge >= 0.3 is 0 Å². The highest BCUT2D eigenvalue weighted by Gasteiger charge is 2.59.